The predicted octanol–water partition coefficient (Wildman–Crippen LogP) is 4.86. The van der Waals surface area contributed by atoms with Crippen LogP contribution in [0.4, 0.5) is 14.5 Å². The molecule has 0 bridgehead atoms. The molecule has 2 aliphatic rings. The lowest BCUT2D eigenvalue weighted by molar-refractivity contribution is 0.101. The molecular weight excluding hydrogens is 588 g/mol. The first-order valence-corrected chi connectivity index (χ1v) is 15.8. The van der Waals surface area contributed by atoms with E-state index in [-0.39, 0.29) is 62.0 Å². The van der Waals surface area contributed by atoms with E-state index in [2.05, 4.69) is 4.72 Å². The minimum absolute atomic E-state index is 0.000794. The van der Waals surface area contributed by atoms with E-state index in [1.807, 2.05) is 4.57 Å². The van der Waals surface area contributed by atoms with Crippen molar-refractivity contribution in [3.05, 3.63) is 56.6 Å². The summed E-state index contributed by atoms with van der Waals surface area (Å²) in [4.78, 5) is 27.9. The summed E-state index contributed by atoms with van der Waals surface area (Å²) in [6, 6.07) is 4.74. The number of carbonyl (C=O) groups is 1. The number of hydrogen-bond acceptors (Lipinski definition) is 8. The van der Waals surface area contributed by atoms with Crippen LogP contribution in [0.3, 0.4) is 0 Å². The Morgan fingerprint density at radius 1 is 1.21 bits per heavy atom. The van der Waals surface area contributed by atoms with Crippen molar-refractivity contribution in [3.8, 4) is 11.5 Å². The van der Waals surface area contributed by atoms with Crippen molar-refractivity contribution in [1.82, 2.24) is 9.29 Å². The second-order valence-electron chi connectivity index (χ2n) is 10.9. The maximum absolute atomic E-state index is 15.9. The SMILES string of the molecule is COc1c(N2CCC(CNS(=O)(=O)c3cc(F)ccc3C)C2)c(F)cc2c(=O)c3c(O)c(C(C)=O)sc3n(C3CC3)c12. The van der Waals surface area contributed by atoms with Crippen molar-refractivity contribution in [2.75, 3.05) is 31.6 Å². The summed E-state index contributed by atoms with van der Waals surface area (Å²) < 4.78 is 65.6. The molecule has 0 radical (unpaired) electrons. The maximum Gasteiger partial charge on any atom is 0.240 e. The Bertz CT molecular complexity index is 1950. The smallest absolute Gasteiger partial charge is 0.240 e. The molecule has 1 saturated heterocycles. The fourth-order valence-electron chi connectivity index (χ4n) is 5.82. The van der Waals surface area contributed by atoms with Gasteiger partial charge >= 0.3 is 0 Å². The molecule has 3 heterocycles. The van der Waals surface area contributed by atoms with Crippen molar-refractivity contribution < 1.29 is 31.8 Å². The summed E-state index contributed by atoms with van der Waals surface area (Å²) in [6.45, 7) is 3.70. The second-order valence-corrected chi connectivity index (χ2v) is 13.7. The molecule has 1 saturated carbocycles. The number of benzene rings is 2. The molecule has 1 atom stereocenters. The lowest BCUT2D eigenvalue weighted by Crippen LogP contribution is -2.31. The lowest BCUT2D eigenvalue weighted by Gasteiger charge is -2.25. The molecule has 1 unspecified atom stereocenters. The molecule has 0 spiro atoms. The van der Waals surface area contributed by atoms with Crippen LogP contribution >= 0.6 is 11.3 Å². The normalized spacial score (nSPS) is 17.5. The van der Waals surface area contributed by atoms with Gasteiger partial charge in [0.15, 0.2) is 23.1 Å². The van der Waals surface area contributed by atoms with Crippen molar-refractivity contribution >= 4 is 54.0 Å². The number of thiophene rings is 1. The Balaban J connectivity index is 1.38. The van der Waals surface area contributed by atoms with Gasteiger partial charge in [0.1, 0.15) is 26.6 Å². The highest BCUT2D eigenvalue weighted by molar-refractivity contribution is 7.89. The van der Waals surface area contributed by atoms with Gasteiger partial charge < -0.3 is 19.3 Å². The highest BCUT2D eigenvalue weighted by atomic mass is 32.2. The summed E-state index contributed by atoms with van der Waals surface area (Å²) in [5.41, 5.74) is 0.404. The molecular formula is C29H29F2N3O6S2. The van der Waals surface area contributed by atoms with Crippen LogP contribution in [-0.4, -0.2) is 50.6 Å². The number of sulfonamides is 1. The fourth-order valence-corrected chi connectivity index (χ4v) is 8.36. The van der Waals surface area contributed by atoms with Crippen molar-refractivity contribution in [3.63, 3.8) is 0 Å². The highest BCUT2D eigenvalue weighted by Crippen LogP contribution is 2.49. The van der Waals surface area contributed by atoms with Crippen LogP contribution in [0.15, 0.2) is 34.0 Å². The minimum atomic E-state index is -3.96. The standard InChI is InChI=1S/C29H29F2N3O6S2/c1-14-4-5-17(30)10-21(14)42(38,39)32-12-16-8-9-33(13-16)24-20(31)11-19-23(27(24)40-3)34(18-6-7-18)29-22(25(19)36)26(37)28(41-29)15(2)35/h4-5,10-11,16,18,32,37H,6-9,12-13H2,1-3H3. The zero-order chi connectivity index (χ0) is 30.1. The number of fused-ring (bicyclic) bond motifs is 2. The second kappa shape index (κ2) is 10.3. The molecule has 42 heavy (non-hydrogen) atoms. The van der Waals surface area contributed by atoms with E-state index >= 15 is 4.39 Å². The van der Waals surface area contributed by atoms with Crippen molar-refractivity contribution in [1.29, 1.82) is 0 Å². The molecule has 6 rings (SSSR count). The molecule has 2 aromatic heterocycles. The van der Waals surface area contributed by atoms with E-state index < -0.39 is 27.1 Å². The number of carbonyl (C=O) groups excluding carboxylic acids is 1. The lowest BCUT2D eigenvalue weighted by atomic mass is 10.1. The van der Waals surface area contributed by atoms with E-state index in [0.29, 0.717) is 35.4 Å². The zero-order valence-electron chi connectivity index (χ0n) is 23.2. The first-order chi connectivity index (χ1) is 19.9. The number of Topliss-reactive ketones (excluding diaryl/α,β-unsaturated/α-hetero) is 1. The summed E-state index contributed by atoms with van der Waals surface area (Å²) in [7, 11) is -2.56. The molecule has 9 nitrogen and oxygen atoms in total. The number of ether oxygens (including phenoxy) is 1. The predicted molar refractivity (Wildman–Crippen MR) is 157 cm³/mol. The number of aryl methyl sites for hydroxylation is 1. The number of aromatic hydroxyl groups is 1. The molecule has 222 valence electrons. The number of anilines is 1. The number of hydrogen-bond donors (Lipinski definition) is 2. The Labute approximate surface area is 244 Å². The molecule has 1 aliphatic carbocycles. The van der Waals surface area contributed by atoms with Crippen molar-refractivity contribution in [2.45, 2.75) is 44.0 Å². The van der Waals surface area contributed by atoms with Gasteiger partial charge in [0, 0.05) is 32.6 Å². The van der Waals surface area contributed by atoms with Gasteiger partial charge in [-0.1, -0.05) is 6.07 Å². The van der Waals surface area contributed by atoms with Crippen LogP contribution in [0.2, 0.25) is 0 Å². The molecule has 2 N–H and O–H groups in total. The van der Waals surface area contributed by atoms with Gasteiger partial charge in [-0.3, -0.25) is 9.59 Å². The van der Waals surface area contributed by atoms with Gasteiger partial charge in [-0.05, 0) is 55.9 Å². The third-order valence-electron chi connectivity index (χ3n) is 8.02. The molecule has 13 heteroatoms. The number of aromatic nitrogens is 1. The summed E-state index contributed by atoms with van der Waals surface area (Å²) in [5, 5.41) is 10.8. The van der Waals surface area contributed by atoms with E-state index in [1.165, 1.54) is 26.2 Å². The van der Waals surface area contributed by atoms with E-state index in [1.54, 1.807) is 11.8 Å². The van der Waals surface area contributed by atoms with Crippen LogP contribution in [0.25, 0.3) is 21.1 Å². The number of rotatable bonds is 8. The van der Waals surface area contributed by atoms with Gasteiger partial charge in [-0.25, -0.2) is 21.9 Å². The first kappa shape index (κ1) is 28.6. The van der Waals surface area contributed by atoms with Crippen molar-refractivity contribution in [2.24, 2.45) is 5.92 Å². The molecule has 2 aromatic carbocycles. The summed E-state index contributed by atoms with van der Waals surface area (Å²) in [6.07, 6.45) is 2.18. The van der Waals surface area contributed by atoms with E-state index in [4.69, 9.17) is 4.74 Å². The maximum atomic E-state index is 15.9. The van der Waals surface area contributed by atoms with Gasteiger partial charge in [-0.2, -0.15) is 0 Å². The number of halogens is 2. The Hall–Kier alpha value is -3.55. The summed E-state index contributed by atoms with van der Waals surface area (Å²) in [5.74, 6) is -2.09. The van der Waals surface area contributed by atoms with Crippen LogP contribution in [0.1, 0.15) is 47.5 Å². The average Bonchev–Trinajstić information content (AvgIpc) is 3.56. The summed E-state index contributed by atoms with van der Waals surface area (Å²) >= 11 is 1.04. The Morgan fingerprint density at radius 3 is 2.62 bits per heavy atom. The number of pyridine rings is 1. The molecule has 2 fully saturated rings. The topological polar surface area (TPSA) is 118 Å². The number of methoxy groups -OCH3 is 1. The Kier molecular flexibility index (Phi) is 7.02. The highest BCUT2D eigenvalue weighted by Gasteiger charge is 2.35. The van der Waals surface area contributed by atoms with E-state index in [0.717, 1.165) is 36.3 Å². The molecule has 1 aliphatic heterocycles. The average molecular weight is 618 g/mol. The fraction of sp³-hybridized carbons (Fsp3) is 0.379. The third kappa shape index (κ3) is 4.63. The molecule has 0 amide bonds. The minimum Gasteiger partial charge on any atom is -0.505 e. The quantitative estimate of drug-likeness (QED) is 0.271. The third-order valence-corrected chi connectivity index (χ3v) is 10.9. The van der Waals surface area contributed by atoms with Gasteiger partial charge in [-0.15, -0.1) is 11.3 Å². The van der Waals surface area contributed by atoms with Crippen LogP contribution in [0.5, 0.6) is 11.5 Å². The largest absolute Gasteiger partial charge is 0.505 e. The molecule has 4 aromatic rings. The van der Waals surface area contributed by atoms with Crippen LogP contribution in [-0.2, 0) is 10.0 Å². The first-order valence-electron chi connectivity index (χ1n) is 13.5. The van der Waals surface area contributed by atoms with E-state index in [9.17, 15) is 27.5 Å². The number of nitrogens with one attached hydrogen (secondary N) is 1. The van der Waals surface area contributed by atoms with Gasteiger partial charge in [0.2, 0.25) is 15.5 Å². The zero-order valence-corrected chi connectivity index (χ0v) is 24.8. The Morgan fingerprint density at radius 2 is 1.95 bits per heavy atom. The number of nitrogens with zero attached hydrogens (tertiary/aromatic N) is 2. The van der Waals surface area contributed by atoms with Crippen LogP contribution in [0, 0.1) is 24.5 Å². The van der Waals surface area contributed by atoms with Gasteiger partial charge in [0.05, 0.1) is 22.9 Å². The van der Waals surface area contributed by atoms with Crippen LogP contribution < -0.4 is 19.8 Å². The van der Waals surface area contributed by atoms with Gasteiger partial charge in [0.25, 0.3) is 0 Å². The number of ketones is 1. The monoisotopic (exact) mass is 617 g/mol.